The molecule has 4 nitrogen and oxygen atoms in total. The van der Waals surface area contributed by atoms with E-state index in [1.807, 2.05) is 56.5 Å². The fourth-order valence-electron chi connectivity index (χ4n) is 1.81. The minimum atomic E-state index is -0.699. The smallest absolute Gasteiger partial charge is 0.140 e. The van der Waals surface area contributed by atoms with Crippen molar-refractivity contribution in [3.63, 3.8) is 0 Å². The summed E-state index contributed by atoms with van der Waals surface area (Å²) in [6.45, 7) is 7.58. The molecule has 0 saturated carbocycles. The van der Waals surface area contributed by atoms with Gasteiger partial charge in [-0.25, -0.2) is 4.98 Å². The molecule has 0 spiro atoms. The number of rotatable bonds is 8. The topological polar surface area (TPSA) is 54.4 Å². The lowest BCUT2D eigenvalue weighted by Crippen LogP contribution is -2.42. The predicted octanol–water partition coefficient (Wildman–Crippen LogP) is 3.22. The van der Waals surface area contributed by atoms with Gasteiger partial charge in [0.1, 0.15) is 17.4 Å². The van der Waals surface area contributed by atoms with Gasteiger partial charge in [-0.1, -0.05) is 32.0 Å². The molecule has 0 bridgehead atoms. The van der Waals surface area contributed by atoms with E-state index in [0.717, 1.165) is 16.5 Å². The van der Waals surface area contributed by atoms with Crippen LogP contribution in [-0.2, 0) is 13.2 Å². The quantitative estimate of drug-likeness (QED) is 0.784. The SMILES string of the molecule is CC(C)C(C)(O)CNCc1csc(COc2ccccc2)n1. The lowest BCUT2D eigenvalue weighted by atomic mass is 9.92. The van der Waals surface area contributed by atoms with Gasteiger partial charge in [0.2, 0.25) is 0 Å². The second kappa shape index (κ2) is 7.72. The minimum absolute atomic E-state index is 0.213. The van der Waals surface area contributed by atoms with E-state index >= 15 is 0 Å². The molecule has 22 heavy (non-hydrogen) atoms. The van der Waals surface area contributed by atoms with Crippen LogP contribution in [0.3, 0.4) is 0 Å². The molecular formula is C17H24N2O2S. The number of nitrogens with one attached hydrogen (secondary N) is 1. The summed E-state index contributed by atoms with van der Waals surface area (Å²) in [5.41, 5.74) is 0.283. The van der Waals surface area contributed by atoms with Crippen LogP contribution in [0, 0.1) is 5.92 Å². The van der Waals surface area contributed by atoms with Crippen molar-refractivity contribution in [2.75, 3.05) is 6.54 Å². The van der Waals surface area contributed by atoms with Crippen molar-refractivity contribution in [1.82, 2.24) is 10.3 Å². The summed E-state index contributed by atoms with van der Waals surface area (Å²) in [7, 11) is 0. The molecule has 0 amide bonds. The monoisotopic (exact) mass is 320 g/mol. The molecule has 0 aliphatic carbocycles. The number of ether oxygens (including phenoxy) is 1. The van der Waals surface area contributed by atoms with E-state index in [4.69, 9.17) is 4.74 Å². The van der Waals surface area contributed by atoms with E-state index in [0.29, 0.717) is 19.7 Å². The summed E-state index contributed by atoms with van der Waals surface area (Å²) in [5.74, 6) is 1.07. The number of thiazole rings is 1. The van der Waals surface area contributed by atoms with E-state index < -0.39 is 5.60 Å². The van der Waals surface area contributed by atoms with Crippen molar-refractivity contribution in [1.29, 1.82) is 0 Å². The van der Waals surface area contributed by atoms with Crippen LogP contribution in [0.2, 0.25) is 0 Å². The Morgan fingerprint density at radius 2 is 2.05 bits per heavy atom. The number of benzene rings is 1. The van der Waals surface area contributed by atoms with E-state index in [2.05, 4.69) is 10.3 Å². The van der Waals surface area contributed by atoms with Crippen molar-refractivity contribution < 1.29 is 9.84 Å². The summed E-state index contributed by atoms with van der Waals surface area (Å²) in [4.78, 5) is 4.54. The molecule has 1 atom stereocenters. The summed E-state index contributed by atoms with van der Waals surface area (Å²) in [6.07, 6.45) is 0. The van der Waals surface area contributed by atoms with Gasteiger partial charge in [0.25, 0.3) is 0 Å². The number of aromatic nitrogens is 1. The molecule has 0 fully saturated rings. The molecule has 0 aliphatic rings. The Kier molecular flexibility index (Phi) is 5.94. The van der Waals surface area contributed by atoms with E-state index in [9.17, 15) is 5.11 Å². The van der Waals surface area contributed by atoms with Gasteiger partial charge in [0.05, 0.1) is 11.3 Å². The molecule has 1 heterocycles. The Labute approximate surface area is 136 Å². The van der Waals surface area contributed by atoms with E-state index in [-0.39, 0.29) is 5.92 Å². The maximum Gasteiger partial charge on any atom is 0.140 e. The fraction of sp³-hybridized carbons (Fsp3) is 0.471. The highest BCUT2D eigenvalue weighted by molar-refractivity contribution is 7.09. The predicted molar refractivity (Wildman–Crippen MR) is 90.1 cm³/mol. The maximum atomic E-state index is 10.2. The highest BCUT2D eigenvalue weighted by atomic mass is 32.1. The summed E-state index contributed by atoms with van der Waals surface area (Å²) >= 11 is 1.59. The molecule has 0 radical (unpaired) electrons. The Hall–Kier alpha value is -1.43. The normalized spacial score (nSPS) is 14.0. The molecule has 1 unspecified atom stereocenters. The van der Waals surface area contributed by atoms with Gasteiger partial charge in [-0.3, -0.25) is 0 Å². The van der Waals surface area contributed by atoms with Crippen molar-refractivity contribution in [2.24, 2.45) is 5.92 Å². The molecule has 1 aromatic carbocycles. The first-order valence-corrected chi connectivity index (χ1v) is 8.39. The Balaban J connectivity index is 1.77. The fourth-order valence-corrected chi connectivity index (χ4v) is 2.51. The van der Waals surface area contributed by atoms with Crippen LogP contribution in [0.25, 0.3) is 0 Å². The van der Waals surface area contributed by atoms with Gasteiger partial charge >= 0.3 is 0 Å². The van der Waals surface area contributed by atoms with Gasteiger partial charge in [0.15, 0.2) is 0 Å². The van der Waals surface area contributed by atoms with Crippen LogP contribution in [0.1, 0.15) is 31.5 Å². The third-order valence-electron chi connectivity index (χ3n) is 3.74. The van der Waals surface area contributed by atoms with Crippen LogP contribution in [0.4, 0.5) is 0 Å². The van der Waals surface area contributed by atoms with Crippen molar-refractivity contribution >= 4 is 11.3 Å². The molecule has 120 valence electrons. The molecular weight excluding hydrogens is 296 g/mol. The van der Waals surface area contributed by atoms with Gasteiger partial charge in [0, 0.05) is 18.5 Å². The first kappa shape index (κ1) is 16.9. The molecule has 2 aromatic rings. The van der Waals surface area contributed by atoms with Gasteiger partial charge in [-0.05, 0) is 25.0 Å². The number of hydrogen-bond donors (Lipinski definition) is 2. The standard InChI is InChI=1S/C17H24N2O2S/c1-13(2)17(3,20)12-18-9-14-11-22-16(19-14)10-21-15-7-5-4-6-8-15/h4-8,11,13,18,20H,9-10,12H2,1-3H3. The molecule has 1 aromatic heterocycles. The number of nitrogens with zero attached hydrogens (tertiary/aromatic N) is 1. The van der Waals surface area contributed by atoms with Gasteiger partial charge in [-0.15, -0.1) is 11.3 Å². The first-order valence-electron chi connectivity index (χ1n) is 7.51. The zero-order chi connectivity index (χ0) is 16.0. The molecule has 5 heteroatoms. The van der Waals surface area contributed by atoms with Crippen LogP contribution in [0.5, 0.6) is 5.75 Å². The number of para-hydroxylation sites is 1. The second-order valence-corrected chi connectivity index (χ2v) is 6.89. The zero-order valence-electron chi connectivity index (χ0n) is 13.4. The first-order chi connectivity index (χ1) is 10.5. The lowest BCUT2D eigenvalue weighted by Gasteiger charge is -2.27. The molecule has 0 saturated heterocycles. The minimum Gasteiger partial charge on any atom is -0.486 e. The van der Waals surface area contributed by atoms with Crippen LogP contribution < -0.4 is 10.1 Å². The van der Waals surface area contributed by atoms with Crippen molar-refractivity contribution in [3.8, 4) is 5.75 Å². The van der Waals surface area contributed by atoms with Gasteiger partial charge in [-0.2, -0.15) is 0 Å². The Bertz CT molecular complexity index is 567. The highest BCUT2D eigenvalue weighted by Crippen LogP contribution is 2.16. The van der Waals surface area contributed by atoms with Crippen LogP contribution in [-0.4, -0.2) is 22.2 Å². The van der Waals surface area contributed by atoms with Crippen LogP contribution >= 0.6 is 11.3 Å². The van der Waals surface area contributed by atoms with Crippen molar-refractivity contribution in [2.45, 2.75) is 39.5 Å². The molecule has 2 rings (SSSR count). The lowest BCUT2D eigenvalue weighted by molar-refractivity contribution is 0.0139. The second-order valence-electron chi connectivity index (χ2n) is 5.95. The summed E-state index contributed by atoms with van der Waals surface area (Å²) < 4.78 is 5.68. The molecule has 2 N–H and O–H groups in total. The Morgan fingerprint density at radius 3 is 2.73 bits per heavy atom. The maximum absolute atomic E-state index is 10.2. The van der Waals surface area contributed by atoms with Crippen LogP contribution in [0.15, 0.2) is 35.7 Å². The molecule has 0 aliphatic heterocycles. The average molecular weight is 320 g/mol. The third-order valence-corrected chi connectivity index (χ3v) is 4.61. The van der Waals surface area contributed by atoms with E-state index in [1.165, 1.54) is 0 Å². The van der Waals surface area contributed by atoms with Gasteiger partial charge < -0.3 is 15.2 Å². The number of aliphatic hydroxyl groups is 1. The average Bonchev–Trinajstić information content (AvgIpc) is 2.94. The van der Waals surface area contributed by atoms with Crippen molar-refractivity contribution in [3.05, 3.63) is 46.4 Å². The summed E-state index contributed by atoms with van der Waals surface area (Å²) in [5, 5.41) is 16.4. The zero-order valence-corrected chi connectivity index (χ0v) is 14.2. The third kappa shape index (κ3) is 5.09. The highest BCUT2D eigenvalue weighted by Gasteiger charge is 2.24. The van der Waals surface area contributed by atoms with E-state index in [1.54, 1.807) is 11.3 Å². The Morgan fingerprint density at radius 1 is 1.32 bits per heavy atom. The summed E-state index contributed by atoms with van der Waals surface area (Å²) in [6, 6.07) is 9.74. The number of hydrogen-bond acceptors (Lipinski definition) is 5. The largest absolute Gasteiger partial charge is 0.486 e.